The van der Waals surface area contributed by atoms with Crippen molar-refractivity contribution in [3.05, 3.63) is 80.8 Å². The standard InChI is InChI=1S/C25H19Cl2F3N2O2S/c1-3-14-6-15(9-24(33)34-2)8-16(7-14)17-10-22(35-13-17)21-12-23(25(28,29)30)31-32(21)20-11-18(26)4-5-19(20)27/h4-8,10-13H,3,9H2,1-2H3. The van der Waals surface area contributed by atoms with Gasteiger partial charge in [-0.1, -0.05) is 48.3 Å². The maximum atomic E-state index is 13.6. The van der Waals surface area contributed by atoms with E-state index >= 15 is 0 Å². The lowest BCUT2D eigenvalue weighted by atomic mass is 9.98. The van der Waals surface area contributed by atoms with E-state index < -0.39 is 11.9 Å². The van der Waals surface area contributed by atoms with E-state index in [1.54, 1.807) is 12.1 Å². The lowest BCUT2D eigenvalue weighted by molar-refractivity contribution is -0.141. The van der Waals surface area contributed by atoms with Crippen LogP contribution in [0.25, 0.3) is 27.4 Å². The third-order valence-corrected chi connectivity index (χ3v) is 6.87. The predicted molar refractivity (Wildman–Crippen MR) is 132 cm³/mol. The highest BCUT2D eigenvalue weighted by molar-refractivity contribution is 7.14. The number of carbonyl (C=O) groups excluding carboxylic acids is 1. The number of ether oxygens (including phenoxy) is 1. The van der Waals surface area contributed by atoms with Crippen molar-refractivity contribution < 1.29 is 22.7 Å². The number of methoxy groups -OCH3 is 1. The van der Waals surface area contributed by atoms with Gasteiger partial charge in [0.1, 0.15) is 0 Å². The Morgan fingerprint density at radius 1 is 1.06 bits per heavy atom. The van der Waals surface area contributed by atoms with Crippen LogP contribution in [0.3, 0.4) is 0 Å². The minimum absolute atomic E-state index is 0.128. The topological polar surface area (TPSA) is 44.1 Å². The van der Waals surface area contributed by atoms with Crippen LogP contribution in [0.1, 0.15) is 23.7 Å². The molecule has 0 aliphatic rings. The lowest BCUT2D eigenvalue weighted by Gasteiger charge is -2.09. The smallest absolute Gasteiger partial charge is 0.435 e. The Morgan fingerprint density at radius 3 is 2.49 bits per heavy atom. The predicted octanol–water partition coefficient (Wildman–Crippen LogP) is 7.87. The molecule has 182 valence electrons. The lowest BCUT2D eigenvalue weighted by Crippen LogP contribution is -2.07. The van der Waals surface area contributed by atoms with E-state index in [2.05, 4.69) is 5.10 Å². The van der Waals surface area contributed by atoms with E-state index in [-0.39, 0.29) is 28.8 Å². The first-order chi connectivity index (χ1) is 16.6. The van der Waals surface area contributed by atoms with Gasteiger partial charge in [-0.3, -0.25) is 4.79 Å². The summed E-state index contributed by atoms with van der Waals surface area (Å²) in [4.78, 5) is 12.3. The van der Waals surface area contributed by atoms with E-state index in [1.165, 1.54) is 30.6 Å². The summed E-state index contributed by atoms with van der Waals surface area (Å²) in [6.45, 7) is 2.01. The Labute approximate surface area is 213 Å². The molecule has 0 amide bonds. The van der Waals surface area contributed by atoms with Gasteiger partial charge in [0.15, 0.2) is 5.69 Å². The van der Waals surface area contributed by atoms with Crippen LogP contribution < -0.4 is 0 Å². The Bertz CT molecular complexity index is 1400. The normalized spacial score (nSPS) is 11.6. The van der Waals surface area contributed by atoms with E-state index in [0.717, 1.165) is 39.4 Å². The minimum Gasteiger partial charge on any atom is -0.469 e. The summed E-state index contributed by atoms with van der Waals surface area (Å²) >= 11 is 13.6. The SMILES string of the molecule is CCc1cc(CC(=O)OC)cc(-c2csc(-c3cc(C(F)(F)F)nn3-c3cc(Cl)ccc3Cl)c2)c1. The van der Waals surface area contributed by atoms with Crippen molar-refractivity contribution in [2.24, 2.45) is 0 Å². The first-order valence-electron chi connectivity index (χ1n) is 10.5. The molecule has 0 bridgehead atoms. The summed E-state index contributed by atoms with van der Waals surface area (Å²) in [5.41, 5.74) is 2.94. The molecule has 4 aromatic rings. The zero-order valence-corrected chi connectivity index (χ0v) is 20.9. The molecule has 0 spiro atoms. The summed E-state index contributed by atoms with van der Waals surface area (Å²) in [6, 6.07) is 13.2. The average Bonchev–Trinajstić information content (AvgIpc) is 3.47. The molecule has 4 nitrogen and oxygen atoms in total. The van der Waals surface area contributed by atoms with Gasteiger partial charge in [-0.25, -0.2) is 4.68 Å². The van der Waals surface area contributed by atoms with E-state index in [9.17, 15) is 18.0 Å². The number of alkyl halides is 3. The number of aryl methyl sites for hydroxylation is 1. The molecule has 35 heavy (non-hydrogen) atoms. The third kappa shape index (κ3) is 5.55. The van der Waals surface area contributed by atoms with Gasteiger partial charge in [0.25, 0.3) is 0 Å². The fourth-order valence-corrected chi connectivity index (χ4v) is 4.91. The van der Waals surface area contributed by atoms with Crippen molar-refractivity contribution in [2.45, 2.75) is 25.9 Å². The minimum atomic E-state index is -4.64. The second kappa shape index (κ2) is 10.0. The second-order valence-corrected chi connectivity index (χ2v) is 9.52. The molecule has 0 unspecified atom stereocenters. The van der Waals surface area contributed by atoms with Crippen LogP contribution in [-0.2, 0) is 28.5 Å². The number of hydrogen-bond donors (Lipinski definition) is 0. The molecule has 0 aliphatic heterocycles. The maximum absolute atomic E-state index is 13.6. The molecule has 2 aromatic carbocycles. The number of esters is 1. The number of carbonyl (C=O) groups is 1. The summed E-state index contributed by atoms with van der Waals surface area (Å²) in [5, 5.41) is 6.19. The molecule has 4 rings (SSSR count). The van der Waals surface area contributed by atoms with Gasteiger partial charge in [-0.05, 0) is 64.4 Å². The number of thiophene rings is 1. The Kier molecular flexibility index (Phi) is 7.26. The summed E-state index contributed by atoms with van der Waals surface area (Å²) in [7, 11) is 1.34. The van der Waals surface area contributed by atoms with Crippen molar-refractivity contribution in [3.63, 3.8) is 0 Å². The van der Waals surface area contributed by atoms with Gasteiger partial charge >= 0.3 is 12.1 Å². The van der Waals surface area contributed by atoms with Gasteiger partial charge in [0, 0.05) is 5.02 Å². The second-order valence-electron chi connectivity index (χ2n) is 7.76. The third-order valence-electron chi connectivity index (χ3n) is 5.36. The quantitative estimate of drug-likeness (QED) is 0.234. The molecule has 0 saturated heterocycles. The summed E-state index contributed by atoms with van der Waals surface area (Å²) in [6.07, 6.45) is -3.75. The van der Waals surface area contributed by atoms with Crippen LogP contribution in [0, 0.1) is 0 Å². The average molecular weight is 539 g/mol. The van der Waals surface area contributed by atoms with Crippen LogP contribution in [0.2, 0.25) is 10.0 Å². The summed E-state index contributed by atoms with van der Waals surface area (Å²) < 4.78 is 46.6. The molecule has 0 saturated carbocycles. The van der Waals surface area contributed by atoms with E-state index in [0.29, 0.717) is 9.90 Å². The van der Waals surface area contributed by atoms with Crippen molar-refractivity contribution in [3.8, 4) is 27.4 Å². The molecule has 0 radical (unpaired) electrons. The first kappa shape index (κ1) is 25.3. The molecular formula is C25H19Cl2F3N2O2S. The van der Waals surface area contributed by atoms with Crippen molar-refractivity contribution >= 4 is 40.5 Å². The fourth-order valence-electron chi connectivity index (χ4n) is 3.62. The maximum Gasteiger partial charge on any atom is 0.435 e. The van der Waals surface area contributed by atoms with Crippen molar-refractivity contribution in [1.82, 2.24) is 9.78 Å². The van der Waals surface area contributed by atoms with Gasteiger partial charge in [0.05, 0.1) is 34.8 Å². The number of rotatable bonds is 6. The highest BCUT2D eigenvalue weighted by Gasteiger charge is 2.35. The van der Waals surface area contributed by atoms with E-state index in [1.807, 2.05) is 30.5 Å². The number of aromatic nitrogens is 2. The number of halogens is 5. The largest absolute Gasteiger partial charge is 0.469 e. The molecule has 10 heteroatoms. The molecule has 0 aliphatic carbocycles. The van der Waals surface area contributed by atoms with Crippen LogP contribution in [0.5, 0.6) is 0 Å². The molecule has 0 atom stereocenters. The Morgan fingerprint density at radius 2 is 1.80 bits per heavy atom. The van der Waals surface area contributed by atoms with Gasteiger partial charge in [0.2, 0.25) is 0 Å². The highest BCUT2D eigenvalue weighted by atomic mass is 35.5. The zero-order valence-electron chi connectivity index (χ0n) is 18.6. The van der Waals surface area contributed by atoms with Crippen molar-refractivity contribution in [2.75, 3.05) is 7.11 Å². The number of hydrogen-bond acceptors (Lipinski definition) is 4. The number of nitrogens with zero attached hydrogens (tertiary/aromatic N) is 2. The zero-order chi connectivity index (χ0) is 25.3. The van der Waals surface area contributed by atoms with Crippen LogP contribution in [0.4, 0.5) is 13.2 Å². The monoisotopic (exact) mass is 538 g/mol. The fraction of sp³-hybridized carbons (Fsp3) is 0.200. The van der Waals surface area contributed by atoms with Gasteiger partial charge in [-0.2, -0.15) is 18.3 Å². The number of benzene rings is 2. The van der Waals surface area contributed by atoms with Crippen LogP contribution in [-0.4, -0.2) is 22.9 Å². The van der Waals surface area contributed by atoms with Gasteiger partial charge in [-0.15, -0.1) is 11.3 Å². The molecular weight excluding hydrogens is 520 g/mol. The Balaban J connectivity index is 1.81. The van der Waals surface area contributed by atoms with E-state index in [4.69, 9.17) is 27.9 Å². The van der Waals surface area contributed by atoms with Gasteiger partial charge < -0.3 is 4.74 Å². The Hall–Kier alpha value is -2.81. The van der Waals surface area contributed by atoms with Crippen LogP contribution >= 0.6 is 34.5 Å². The van der Waals surface area contributed by atoms with Crippen LogP contribution in [0.15, 0.2) is 53.9 Å². The molecule has 2 heterocycles. The van der Waals surface area contributed by atoms with Crippen molar-refractivity contribution in [1.29, 1.82) is 0 Å². The molecule has 0 N–H and O–H groups in total. The highest BCUT2D eigenvalue weighted by Crippen LogP contribution is 2.39. The molecule has 0 fully saturated rings. The first-order valence-corrected chi connectivity index (χ1v) is 12.1. The summed E-state index contributed by atoms with van der Waals surface area (Å²) in [5.74, 6) is -0.350. The molecule has 2 aromatic heterocycles.